The summed E-state index contributed by atoms with van der Waals surface area (Å²) in [5.74, 6) is 2.63. The van der Waals surface area contributed by atoms with Crippen LogP contribution in [0.15, 0.2) is 29.6 Å². The van der Waals surface area contributed by atoms with E-state index in [9.17, 15) is 0 Å². The first-order valence-electron chi connectivity index (χ1n) is 9.11. The molecule has 0 aromatic carbocycles. The van der Waals surface area contributed by atoms with Crippen LogP contribution in [0, 0.1) is 11.8 Å². The molecular formula is C20H24N6. The Morgan fingerprint density at radius 3 is 2.88 bits per heavy atom. The van der Waals surface area contributed by atoms with Crippen LogP contribution in [0.1, 0.15) is 32.8 Å². The predicted molar refractivity (Wildman–Crippen MR) is 106 cm³/mol. The molecule has 0 amide bonds. The predicted octanol–water partition coefficient (Wildman–Crippen LogP) is 4.37. The molecule has 6 heteroatoms. The molecule has 1 aliphatic rings. The van der Waals surface area contributed by atoms with Gasteiger partial charge in [-0.1, -0.05) is 13.8 Å². The summed E-state index contributed by atoms with van der Waals surface area (Å²) in [5, 5.41) is 3.96. The summed E-state index contributed by atoms with van der Waals surface area (Å²) in [4.78, 5) is 21.4. The first-order valence-corrected chi connectivity index (χ1v) is 9.11. The first kappa shape index (κ1) is 16.7. The Labute approximate surface area is 153 Å². The zero-order valence-electron chi connectivity index (χ0n) is 15.7. The normalized spacial score (nSPS) is 16.7. The molecule has 0 bridgehead atoms. The van der Waals surface area contributed by atoms with E-state index < -0.39 is 0 Å². The van der Waals surface area contributed by atoms with E-state index in [1.165, 1.54) is 11.3 Å². The fraction of sp³-hybridized carbons (Fsp3) is 0.400. The highest BCUT2D eigenvalue weighted by molar-refractivity contribution is 5.94. The molecule has 3 aromatic rings. The summed E-state index contributed by atoms with van der Waals surface area (Å²) in [6, 6.07) is 2.22. The fourth-order valence-electron chi connectivity index (χ4n) is 3.66. The van der Waals surface area contributed by atoms with Gasteiger partial charge in [-0.3, -0.25) is 0 Å². The number of nitrogens with one attached hydrogen (secondary N) is 2. The molecule has 0 spiro atoms. The molecule has 4 heterocycles. The molecule has 0 radical (unpaired) electrons. The maximum absolute atomic E-state index is 4.75. The van der Waals surface area contributed by atoms with Crippen LogP contribution in [-0.4, -0.2) is 32.7 Å². The van der Waals surface area contributed by atoms with Gasteiger partial charge >= 0.3 is 0 Å². The van der Waals surface area contributed by atoms with E-state index in [0.29, 0.717) is 17.8 Å². The van der Waals surface area contributed by atoms with Gasteiger partial charge < -0.3 is 10.3 Å². The maximum atomic E-state index is 4.75. The zero-order chi connectivity index (χ0) is 18.3. The summed E-state index contributed by atoms with van der Waals surface area (Å²) in [7, 11) is 1.81. The van der Waals surface area contributed by atoms with Crippen LogP contribution < -0.4 is 5.32 Å². The van der Waals surface area contributed by atoms with Gasteiger partial charge in [0.25, 0.3) is 0 Å². The van der Waals surface area contributed by atoms with Gasteiger partial charge in [-0.15, -0.1) is 0 Å². The number of hydrogen-bond donors (Lipinski definition) is 2. The van der Waals surface area contributed by atoms with E-state index in [1.807, 2.05) is 25.6 Å². The Morgan fingerprint density at radius 1 is 1.27 bits per heavy atom. The van der Waals surface area contributed by atoms with Gasteiger partial charge in [0.2, 0.25) is 5.95 Å². The molecule has 0 saturated heterocycles. The lowest BCUT2D eigenvalue weighted by Gasteiger charge is -2.24. The number of aliphatic imine (C=N–C) groups is 1. The van der Waals surface area contributed by atoms with Crippen LogP contribution in [0.5, 0.6) is 0 Å². The molecule has 0 saturated carbocycles. The minimum Gasteiger partial charge on any atom is -0.357 e. The number of hydrogen-bond acceptors (Lipinski definition) is 5. The molecule has 0 aliphatic carbocycles. The quantitative estimate of drug-likeness (QED) is 0.734. The average molecular weight is 348 g/mol. The maximum Gasteiger partial charge on any atom is 0.224 e. The minimum atomic E-state index is 0.504. The second kappa shape index (κ2) is 6.52. The van der Waals surface area contributed by atoms with Crippen molar-refractivity contribution in [1.29, 1.82) is 0 Å². The summed E-state index contributed by atoms with van der Waals surface area (Å²) in [6.07, 6.45) is 7.89. The fourth-order valence-corrected chi connectivity index (χ4v) is 3.66. The number of nitrogens with zero attached hydrogens (tertiary/aromatic N) is 4. The number of rotatable bonds is 4. The van der Waals surface area contributed by atoms with E-state index >= 15 is 0 Å². The van der Waals surface area contributed by atoms with Crippen LogP contribution >= 0.6 is 0 Å². The highest BCUT2D eigenvalue weighted by Crippen LogP contribution is 2.34. The molecule has 0 fully saturated rings. The van der Waals surface area contributed by atoms with E-state index in [4.69, 9.17) is 4.99 Å². The number of fused-ring (bicyclic) bond motifs is 2. The third kappa shape index (κ3) is 2.96. The van der Waals surface area contributed by atoms with Crippen molar-refractivity contribution in [3.05, 3.63) is 30.2 Å². The third-order valence-corrected chi connectivity index (χ3v) is 5.00. The van der Waals surface area contributed by atoms with Crippen molar-refractivity contribution in [2.24, 2.45) is 16.8 Å². The van der Waals surface area contributed by atoms with Crippen molar-refractivity contribution < 1.29 is 0 Å². The molecule has 4 rings (SSSR count). The van der Waals surface area contributed by atoms with Crippen LogP contribution in [0.3, 0.4) is 0 Å². The van der Waals surface area contributed by atoms with Crippen LogP contribution in [0.4, 0.5) is 11.8 Å². The molecule has 1 atom stereocenters. The lowest BCUT2D eigenvalue weighted by molar-refractivity contribution is 0.489. The number of H-pyrrole nitrogens is 1. The topological polar surface area (TPSA) is 78.9 Å². The average Bonchev–Trinajstić information content (AvgIpc) is 3.04. The summed E-state index contributed by atoms with van der Waals surface area (Å²) >= 11 is 0. The van der Waals surface area contributed by atoms with Crippen molar-refractivity contribution in [1.82, 2.24) is 19.9 Å². The van der Waals surface area contributed by atoms with Crippen LogP contribution in [-0.2, 0) is 6.42 Å². The Bertz CT molecular complexity index is 985. The molecule has 6 nitrogen and oxygen atoms in total. The van der Waals surface area contributed by atoms with Crippen molar-refractivity contribution in [3.8, 4) is 11.1 Å². The van der Waals surface area contributed by atoms with E-state index in [2.05, 4.69) is 52.1 Å². The highest BCUT2D eigenvalue weighted by Gasteiger charge is 2.23. The van der Waals surface area contributed by atoms with Crippen molar-refractivity contribution in [3.63, 3.8) is 0 Å². The molecule has 0 unspecified atom stereocenters. The Balaban J connectivity index is 1.72. The first-order chi connectivity index (χ1) is 12.5. The molecule has 26 heavy (non-hydrogen) atoms. The lowest BCUT2D eigenvalue weighted by atomic mass is 9.85. The van der Waals surface area contributed by atoms with Crippen LogP contribution in [0.2, 0.25) is 0 Å². The van der Waals surface area contributed by atoms with E-state index in [-0.39, 0.29) is 0 Å². The standard InChI is InChI=1S/C20H24N6/c1-11(2)5-13-6-14-7-15(8-22-18(14)25-12(13)3)16-9-23-19-17(16)10-24-20(21-4)26-19/h7-11,13H,5-6H2,1-4H3,(H2,21,23,24,26)/t13-/m0/s1. The smallest absolute Gasteiger partial charge is 0.224 e. The van der Waals surface area contributed by atoms with Crippen molar-refractivity contribution in [2.45, 2.75) is 33.6 Å². The second-order valence-corrected chi connectivity index (χ2v) is 7.40. The monoisotopic (exact) mass is 348 g/mol. The molecule has 1 aliphatic heterocycles. The van der Waals surface area contributed by atoms with Gasteiger partial charge in [0.1, 0.15) is 5.65 Å². The van der Waals surface area contributed by atoms with E-state index in [0.717, 1.165) is 40.8 Å². The van der Waals surface area contributed by atoms with Crippen molar-refractivity contribution in [2.75, 3.05) is 12.4 Å². The summed E-state index contributed by atoms with van der Waals surface area (Å²) < 4.78 is 0. The van der Waals surface area contributed by atoms with Crippen molar-refractivity contribution >= 4 is 28.5 Å². The van der Waals surface area contributed by atoms with Gasteiger partial charge in [0.05, 0.1) is 0 Å². The largest absolute Gasteiger partial charge is 0.357 e. The molecule has 2 N–H and O–H groups in total. The molecular weight excluding hydrogens is 324 g/mol. The number of anilines is 1. The van der Waals surface area contributed by atoms with Gasteiger partial charge in [-0.2, -0.15) is 4.98 Å². The number of aromatic amines is 1. The number of pyridine rings is 1. The lowest BCUT2D eigenvalue weighted by Crippen LogP contribution is -2.20. The van der Waals surface area contributed by atoms with Crippen LogP contribution in [0.25, 0.3) is 22.2 Å². The zero-order valence-corrected chi connectivity index (χ0v) is 15.7. The summed E-state index contributed by atoms with van der Waals surface area (Å²) in [5.41, 5.74) is 5.40. The Morgan fingerprint density at radius 2 is 2.12 bits per heavy atom. The van der Waals surface area contributed by atoms with Gasteiger partial charge in [0.15, 0.2) is 5.82 Å². The Hall–Kier alpha value is -2.76. The van der Waals surface area contributed by atoms with Gasteiger partial charge in [-0.25, -0.2) is 15.0 Å². The second-order valence-electron chi connectivity index (χ2n) is 7.40. The minimum absolute atomic E-state index is 0.504. The Kier molecular flexibility index (Phi) is 4.18. The number of aromatic nitrogens is 4. The summed E-state index contributed by atoms with van der Waals surface area (Å²) in [6.45, 7) is 6.66. The highest BCUT2D eigenvalue weighted by atomic mass is 15.1. The third-order valence-electron chi connectivity index (χ3n) is 5.00. The molecule has 3 aromatic heterocycles. The van der Waals surface area contributed by atoms with Gasteiger partial charge in [0, 0.05) is 53.8 Å². The van der Waals surface area contributed by atoms with Gasteiger partial charge in [-0.05, 0) is 37.3 Å². The van der Waals surface area contributed by atoms with E-state index in [1.54, 1.807) is 0 Å². The SMILES string of the molecule is CNc1ncc2c(-c3cnc4c(c3)C[C@H](CC(C)C)C(C)=N4)c[nH]c2n1. The molecule has 134 valence electrons.